The quantitative estimate of drug-likeness (QED) is 0.860. The van der Waals surface area contributed by atoms with Gasteiger partial charge in [-0.15, -0.1) is 0 Å². The van der Waals surface area contributed by atoms with Crippen molar-refractivity contribution in [2.45, 2.75) is 6.92 Å². The van der Waals surface area contributed by atoms with Crippen LogP contribution in [0.1, 0.15) is 27.6 Å². The summed E-state index contributed by atoms with van der Waals surface area (Å²) in [7, 11) is 1.51. The van der Waals surface area contributed by atoms with Crippen molar-refractivity contribution in [2.24, 2.45) is 0 Å². The van der Waals surface area contributed by atoms with Crippen molar-refractivity contribution >= 4 is 17.5 Å². The summed E-state index contributed by atoms with van der Waals surface area (Å²) in [6.07, 6.45) is 0. The van der Waals surface area contributed by atoms with Gasteiger partial charge in [-0.1, -0.05) is 6.07 Å². The van der Waals surface area contributed by atoms with Crippen LogP contribution in [0.25, 0.3) is 0 Å². The van der Waals surface area contributed by atoms with Crippen molar-refractivity contribution in [1.82, 2.24) is 5.32 Å². The number of hydrogen-bond donors (Lipinski definition) is 2. The van der Waals surface area contributed by atoms with Crippen molar-refractivity contribution in [1.29, 1.82) is 0 Å². The summed E-state index contributed by atoms with van der Waals surface area (Å²) >= 11 is 0. The third-order valence-electron chi connectivity index (χ3n) is 3.81. The summed E-state index contributed by atoms with van der Waals surface area (Å²) in [6.45, 7) is 3.22. The van der Waals surface area contributed by atoms with E-state index in [4.69, 9.17) is 14.2 Å². The number of carbonyl (C=O) groups excluding carboxylic acids is 2. The van der Waals surface area contributed by atoms with Crippen molar-refractivity contribution in [3.05, 3.63) is 47.5 Å². The Labute approximate surface area is 151 Å². The fourth-order valence-corrected chi connectivity index (χ4v) is 2.61. The molecule has 0 atom stereocenters. The van der Waals surface area contributed by atoms with Gasteiger partial charge in [-0.25, -0.2) is 0 Å². The number of hydrogen-bond acceptors (Lipinski definition) is 5. The zero-order valence-corrected chi connectivity index (χ0v) is 14.6. The van der Waals surface area contributed by atoms with Gasteiger partial charge in [0.1, 0.15) is 13.2 Å². The first kappa shape index (κ1) is 17.6. The van der Waals surface area contributed by atoms with E-state index < -0.39 is 0 Å². The number of amides is 2. The number of fused-ring (bicyclic) bond motifs is 1. The molecule has 0 bridgehead atoms. The lowest BCUT2D eigenvalue weighted by Gasteiger charge is -2.21. The van der Waals surface area contributed by atoms with Crippen molar-refractivity contribution < 1.29 is 23.8 Å². The van der Waals surface area contributed by atoms with Gasteiger partial charge in [0.2, 0.25) is 5.75 Å². The molecule has 7 heteroatoms. The van der Waals surface area contributed by atoms with Crippen LogP contribution in [0.3, 0.4) is 0 Å². The van der Waals surface area contributed by atoms with Gasteiger partial charge >= 0.3 is 0 Å². The number of nitrogens with one attached hydrogen (secondary N) is 2. The van der Waals surface area contributed by atoms with E-state index in [1.54, 1.807) is 36.4 Å². The van der Waals surface area contributed by atoms with Crippen LogP contribution in [0.15, 0.2) is 36.4 Å². The summed E-state index contributed by atoms with van der Waals surface area (Å²) < 4.78 is 16.4. The maximum atomic E-state index is 12.6. The van der Waals surface area contributed by atoms with Gasteiger partial charge in [-0.3, -0.25) is 9.59 Å². The number of ether oxygens (including phenoxy) is 3. The highest BCUT2D eigenvalue weighted by molar-refractivity contribution is 6.06. The third kappa shape index (κ3) is 3.72. The number of anilines is 1. The lowest BCUT2D eigenvalue weighted by Crippen LogP contribution is -2.22. The van der Waals surface area contributed by atoms with E-state index in [1.807, 2.05) is 6.92 Å². The van der Waals surface area contributed by atoms with Crippen LogP contribution in [0, 0.1) is 0 Å². The molecule has 0 aliphatic carbocycles. The summed E-state index contributed by atoms with van der Waals surface area (Å²) in [5.41, 5.74) is 1.37. The first-order chi connectivity index (χ1) is 12.6. The molecule has 26 heavy (non-hydrogen) atoms. The molecule has 3 rings (SSSR count). The van der Waals surface area contributed by atoms with Gasteiger partial charge in [-0.05, 0) is 37.3 Å². The van der Waals surface area contributed by atoms with E-state index in [9.17, 15) is 9.59 Å². The van der Waals surface area contributed by atoms with Crippen LogP contribution < -0.4 is 24.8 Å². The van der Waals surface area contributed by atoms with Crippen LogP contribution in [0.4, 0.5) is 5.69 Å². The molecule has 2 N–H and O–H groups in total. The Kier molecular flexibility index (Phi) is 5.26. The fraction of sp³-hybridized carbons (Fsp3) is 0.263. The van der Waals surface area contributed by atoms with Crippen LogP contribution >= 0.6 is 0 Å². The lowest BCUT2D eigenvalue weighted by molar-refractivity contribution is 0.0954. The molecule has 136 valence electrons. The van der Waals surface area contributed by atoms with Gasteiger partial charge in [0.15, 0.2) is 11.5 Å². The van der Waals surface area contributed by atoms with Gasteiger partial charge in [0.05, 0.1) is 7.11 Å². The molecule has 7 nitrogen and oxygen atoms in total. The minimum absolute atomic E-state index is 0.190. The highest BCUT2D eigenvalue weighted by atomic mass is 16.6. The highest BCUT2D eigenvalue weighted by Gasteiger charge is 2.21. The van der Waals surface area contributed by atoms with Gasteiger partial charge < -0.3 is 24.8 Å². The molecule has 2 aromatic rings. The molecule has 0 fully saturated rings. The molecule has 1 aliphatic heterocycles. The van der Waals surface area contributed by atoms with E-state index in [-0.39, 0.29) is 11.8 Å². The zero-order valence-electron chi connectivity index (χ0n) is 14.6. The Morgan fingerprint density at radius 3 is 2.65 bits per heavy atom. The summed E-state index contributed by atoms with van der Waals surface area (Å²) in [4.78, 5) is 24.5. The molecule has 0 radical (unpaired) electrons. The minimum atomic E-state index is -0.340. The predicted molar refractivity (Wildman–Crippen MR) is 96.4 cm³/mol. The fourth-order valence-electron chi connectivity index (χ4n) is 2.61. The van der Waals surface area contributed by atoms with Gasteiger partial charge in [0.25, 0.3) is 11.8 Å². The van der Waals surface area contributed by atoms with E-state index in [1.165, 1.54) is 7.11 Å². The number of carbonyl (C=O) groups is 2. The summed E-state index contributed by atoms with van der Waals surface area (Å²) in [5.74, 6) is 0.867. The number of rotatable bonds is 5. The third-order valence-corrected chi connectivity index (χ3v) is 3.81. The monoisotopic (exact) mass is 356 g/mol. The smallest absolute Gasteiger partial charge is 0.255 e. The SMILES string of the molecule is CCNC(=O)c1cccc(NC(=O)c2cc(OC)c3c(c2)OCCO3)c1. The minimum Gasteiger partial charge on any atom is -0.493 e. The van der Waals surface area contributed by atoms with E-state index in [0.29, 0.717) is 53.8 Å². The maximum Gasteiger partial charge on any atom is 0.255 e. The van der Waals surface area contributed by atoms with E-state index in [0.717, 1.165) is 0 Å². The second-order valence-electron chi connectivity index (χ2n) is 5.60. The molecule has 2 aromatic carbocycles. The average Bonchev–Trinajstić information content (AvgIpc) is 2.67. The Hall–Kier alpha value is -3.22. The van der Waals surface area contributed by atoms with Crippen molar-refractivity contribution in [2.75, 3.05) is 32.2 Å². The largest absolute Gasteiger partial charge is 0.493 e. The van der Waals surface area contributed by atoms with E-state index >= 15 is 0 Å². The van der Waals surface area contributed by atoms with Crippen molar-refractivity contribution in [3.63, 3.8) is 0 Å². The second-order valence-corrected chi connectivity index (χ2v) is 5.60. The standard InChI is InChI=1S/C19H20N2O5/c1-3-20-18(22)12-5-4-6-14(9-12)21-19(23)13-10-15(24-2)17-16(11-13)25-7-8-26-17/h4-6,9-11H,3,7-8H2,1-2H3,(H,20,22)(H,21,23). The predicted octanol–water partition coefficient (Wildman–Crippen LogP) is 2.47. The molecule has 0 aromatic heterocycles. The average molecular weight is 356 g/mol. The van der Waals surface area contributed by atoms with Gasteiger partial charge in [0, 0.05) is 23.4 Å². The molecule has 0 saturated carbocycles. The molecule has 0 spiro atoms. The van der Waals surface area contributed by atoms with E-state index in [2.05, 4.69) is 10.6 Å². The summed E-state index contributed by atoms with van der Waals surface area (Å²) in [6, 6.07) is 9.95. The number of benzene rings is 2. The van der Waals surface area contributed by atoms with Gasteiger partial charge in [-0.2, -0.15) is 0 Å². The first-order valence-corrected chi connectivity index (χ1v) is 8.29. The molecule has 2 amide bonds. The Morgan fingerprint density at radius 1 is 1.08 bits per heavy atom. The highest BCUT2D eigenvalue weighted by Crippen LogP contribution is 2.40. The molecule has 0 saturated heterocycles. The second kappa shape index (κ2) is 7.77. The van der Waals surface area contributed by atoms with Crippen molar-refractivity contribution in [3.8, 4) is 17.2 Å². The summed E-state index contributed by atoms with van der Waals surface area (Å²) in [5, 5.41) is 5.51. The molecular formula is C19H20N2O5. The van der Waals surface area contributed by atoms with Crippen LogP contribution in [0.2, 0.25) is 0 Å². The van der Waals surface area contributed by atoms with Crippen LogP contribution in [-0.2, 0) is 0 Å². The molecule has 1 heterocycles. The Bertz CT molecular complexity index is 817. The zero-order chi connectivity index (χ0) is 18.5. The number of methoxy groups -OCH3 is 1. The Morgan fingerprint density at radius 2 is 1.88 bits per heavy atom. The molecule has 1 aliphatic rings. The topological polar surface area (TPSA) is 85.9 Å². The molecule has 0 unspecified atom stereocenters. The normalized spacial score (nSPS) is 12.2. The maximum absolute atomic E-state index is 12.6. The van der Waals surface area contributed by atoms with Crippen LogP contribution in [0.5, 0.6) is 17.2 Å². The lowest BCUT2D eigenvalue weighted by atomic mass is 10.1. The Balaban J connectivity index is 1.82. The van der Waals surface area contributed by atoms with Crippen LogP contribution in [-0.4, -0.2) is 38.7 Å². The molecular weight excluding hydrogens is 336 g/mol. The first-order valence-electron chi connectivity index (χ1n) is 8.29.